The summed E-state index contributed by atoms with van der Waals surface area (Å²) in [7, 11) is 1.63. The first-order chi connectivity index (χ1) is 11.2. The van der Waals surface area contributed by atoms with Crippen LogP contribution < -0.4 is 5.32 Å². The van der Waals surface area contributed by atoms with Crippen molar-refractivity contribution in [3.8, 4) is 11.8 Å². The molecule has 0 saturated heterocycles. The molecule has 1 amide bonds. The van der Waals surface area contributed by atoms with Crippen LogP contribution in [0.1, 0.15) is 35.0 Å². The number of benzene rings is 1. The Hall–Kier alpha value is -2.58. The van der Waals surface area contributed by atoms with E-state index in [-0.39, 0.29) is 5.91 Å². The Bertz CT molecular complexity index is 713. The van der Waals surface area contributed by atoms with Crippen molar-refractivity contribution in [2.45, 2.75) is 19.8 Å². The van der Waals surface area contributed by atoms with Crippen LogP contribution in [0.3, 0.4) is 0 Å². The van der Waals surface area contributed by atoms with Crippen LogP contribution in [0.15, 0.2) is 36.5 Å². The van der Waals surface area contributed by atoms with E-state index >= 15 is 0 Å². The zero-order valence-electron chi connectivity index (χ0n) is 13.5. The van der Waals surface area contributed by atoms with Crippen LogP contribution in [0.2, 0.25) is 0 Å². The van der Waals surface area contributed by atoms with E-state index < -0.39 is 0 Å². The predicted octanol–water partition coefficient (Wildman–Crippen LogP) is 2.68. The number of rotatable bonds is 7. The van der Waals surface area contributed by atoms with Crippen molar-refractivity contribution < 1.29 is 9.53 Å². The van der Waals surface area contributed by atoms with E-state index in [1.54, 1.807) is 23.9 Å². The maximum Gasteiger partial charge on any atom is 0.269 e. The van der Waals surface area contributed by atoms with Gasteiger partial charge in [0, 0.05) is 32.1 Å². The van der Waals surface area contributed by atoms with Crippen molar-refractivity contribution in [2.24, 2.45) is 0 Å². The average molecular weight is 311 g/mol. The van der Waals surface area contributed by atoms with E-state index in [0.29, 0.717) is 24.4 Å². The summed E-state index contributed by atoms with van der Waals surface area (Å²) in [5.41, 5.74) is 2.81. The molecular formula is C18H21N3O2. The molecule has 0 radical (unpaired) electrons. The lowest BCUT2D eigenvalue weighted by molar-refractivity contribution is 0.0941. The molecule has 120 valence electrons. The smallest absolute Gasteiger partial charge is 0.269 e. The van der Waals surface area contributed by atoms with Gasteiger partial charge >= 0.3 is 0 Å². The predicted molar refractivity (Wildman–Crippen MR) is 88.7 cm³/mol. The molecular weight excluding hydrogens is 290 g/mol. The van der Waals surface area contributed by atoms with E-state index in [1.165, 1.54) is 0 Å². The number of nitriles is 1. The Morgan fingerprint density at radius 3 is 2.83 bits per heavy atom. The minimum absolute atomic E-state index is 0.242. The Labute approximate surface area is 136 Å². The summed E-state index contributed by atoms with van der Waals surface area (Å²) in [6, 6.07) is 11.7. The summed E-state index contributed by atoms with van der Waals surface area (Å²) < 4.78 is 6.77. The quantitative estimate of drug-likeness (QED) is 0.799. The number of aromatic nitrogens is 1. The number of hydrogen-bond acceptors (Lipinski definition) is 3. The standard InChI is InChI=1S/C18H21N3O2/c1-3-14-7-4-5-8-16(14)21-11-9-15(13-19)17(21)18(22)20-10-6-12-23-2/h4-5,7-9,11H,3,6,10,12H2,1-2H3,(H,20,22). The van der Waals surface area contributed by atoms with E-state index in [4.69, 9.17) is 4.74 Å². The Balaban J connectivity index is 2.34. The van der Waals surface area contributed by atoms with Gasteiger partial charge in [-0.25, -0.2) is 0 Å². The SMILES string of the molecule is CCc1ccccc1-n1ccc(C#N)c1C(=O)NCCCOC. The molecule has 0 bridgehead atoms. The number of aryl methyl sites for hydroxylation is 1. The number of carbonyl (C=O) groups is 1. The number of ether oxygens (including phenoxy) is 1. The molecule has 1 aromatic heterocycles. The zero-order chi connectivity index (χ0) is 16.7. The number of para-hydroxylation sites is 1. The zero-order valence-corrected chi connectivity index (χ0v) is 13.5. The minimum atomic E-state index is -0.242. The third-order valence-corrected chi connectivity index (χ3v) is 3.66. The summed E-state index contributed by atoms with van der Waals surface area (Å²) in [5, 5.41) is 12.2. The topological polar surface area (TPSA) is 67.0 Å². The molecule has 1 aromatic carbocycles. The van der Waals surface area contributed by atoms with Crippen LogP contribution in [0.25, 0.3) is 5.69 Å². The van der Waals surface area contributed by atoms with Gasteiger partial charge in [0.25, 0.3) is 5.91 Å². The minimum Gasteiger partial charge on any atom is -0.385 e. The second-order valence-corrected chi connectivity index (χ2v) is 5.14. The van der Waals surface area contributed by atoms with Crippen LogP contribution in [-0.4, -0.2) is 30.7 Å². The molecule has 1 N–H and O–H groups in total. The summed E-state index contributed by atoms with van der Waals surface area (Å²) in [4.78, 5) is 12.5. The van der Waals surface area contributed by atoms with Crippen LogP contribution in [0, 0.1) is 11.3 Å². The molecule has 2 rings (SSSR count). The Kier molecular flexibility index (Phi) is 5.95. The summed E-state index contributed by atoms with van der Waals surface area (Å²) in [6.45, 7) is 3.17. The van der Waals surface area contributed by atoms with Crippen molar-refractivity contribution in [2.75, 3.05) is 20.3 Å². The van der Waals surface area contributed by atoms with Gasteiger partial charge in [0.15, 0.2) is 0 Å². The molecule has 1 heterocycles. The van der Waals surface area contributed by atoms with Gasteiger partial charge in [0.05, 0.1) is 5.56 Å². The highest BCUT2D eigenvalue weighted by atomic mass is 16.5. The highest BCUT2D eigenvalue weighted by molar-refractivity contribution is 5.96. The van der Waals surface area contributed by atoms with Gasteiger partial charge < -0.3 is 14.6 Å². The van der Waals surface area contributed by atoms with Crippen molar-refractivity contribution in [3.05, 3.63) is 53.3 Å². The summed E-state index contributed by atoms with van der Waals surface area (Å²) in [5.74, 6) is -0.242. The number of amides is 1. The van der Waals surface area contributed by atoms with Crippen molar-refractivity contribution in [3.63, 3.8) is 0 Å². The maximum absolute atomic E-state index is 12.5. The van der Waals surface area contributed by atoms with Gasteiger partial charge in [-0.15, -0.1) is 0 Å². The van der Waals surface area contributed by atoms with Crippen molar-refractivity contribution in [1.29, 1.82) is 5.26 Å². The molecule has 0 saturated carbocycles. The summed E-state index contributed by atoms with van der Waals surface area (Å²) >= 11 is 0. The molecule has 0 spiro atoms. The molecule has 23 heavy (non-hydrogen) atoms. The summed E-state index contributed by atoms with van der Waals surface area (Å²) in [6.07, 6.45) is 3.36. The third-order valence-electron chi connectivity index (χ3n) is 3.66. The first-order valence-electron chi connectivity index (χ1n) is 7.69. The van der Waals surface area contributed by atoms with E-state index in [2.05, 4.69) is 18.3 Å². The van der Waals surface area contributed by atoms with E-state index in [9.17, 15) is 10.1 Å². The highest BCUT2D eigenvalue weighted by Crippen LogP contribution is 2.21. The molecule has 5 heteroatoms. The molecule has 0 aliphatic carbocycles. The van der Waals surface area contributed by atoms with Crippen LogP contribution in [0.5, 0.6) is 0 Å². The molecule has 5 nitrogen and oxygen atoms in total. The molecule has 0 fully saturated rings. The monoisotopic (exact) mass is 311 g/mol. The molecule has 0 aliphatic rings. The van der Waals surface area contributed by atoms with E-state index in [1.807, 2.05) is 24.3 Å². The van der Waals surface area contributed by atoms with Gasteiger partial charge in [-0.05, 0) is 30.5 Å². The third kappa shape index (κ3) is 3.79. The number of nitrogens with zero attached hydrogens (tertiary/aromatic N) is 2. The van der Waals surface area contributed by atoms with Gasteiger partial charge in [0.1, 0.15) is 11.8 Å². The van der Waals surface area contributed by atoms with Crippen LogP contribution >= 0.6 is 0 Å². The fourth-order valence-corrected chi connectivity index (χ4v) is 2.50. The number of nitrogens with one attached hydrogen (secondary N) is 1. The van der Waals surface area contributed by atoms with E-state index in [0.717, 1.165) is 24.1 Å². The first-order valence-corrected chi connectivity index (χ1v) is 7.69. The van der Waals surface area contributed by atoms with Crippen LogP contribution in [-0.2, 0) is 11.2 Å². The second-order valence-electron chi connectivity index (χ2n) is 5.14. The average Bonchev–Trinajstić information content (AvgIpc) is 3.02. The molecule has 2 aromatic rings. The van der Waals surface area contributed by atoms with Gasteiger partial charge in [-0.1, -0.05) is 25.1 Å². The molecule has 0 aliphatic heterocycles. The number of hydrogen-bond donors (Lipinski definition) is 1. The fraction of sp³-hybridized carbons (Fsp3) is 0.333. The second kappa shape index (κ2) is 8.16. The maximum atomic E-state index is 12.5. The van der Waals surface area contributed by atoms with Crippen molar-refractivity contribution >= 4 is 5.91 Å². The van der Waals surface area contributed by atoms with Crippen molar-refractivity contribution in [1.82, 2.24) is 9.88 Å². The largest absolute Gasteiger partial charge is 0.385 e. The Morgan fingerprint density at radius 1 is 1.35 bits per heavy atom. The van der Waals surface area contributed by atoms with Gasteiger partial charge in [-0.2, -0.15) is 5.26 Å². The normalized spacial score (nSPS) is 10.3. The highest BCUT2D eigenvalue weighted by Gasteiger charge is 2.18. The lowest BCUT2D eigenvalue weighted by atomic mass is 10.1. The fourth-order valence-electron chi connectivity index (χ4n) is 2.50. The number of carbonyl (C=O) groups excluding carboxylic acids is 1. The number of methoxy groups -OCH3 is 1. The van der Waals surface area contributed by atoms with Gasteiger partial charge in [0.2, 0.25) is 0 Å². The first kappa shape index (κ1) is 16.8. The molecule has 0 atom stereocenters. The lowest BCUT2D eigenvalue weighted by Gasteiger charge is -2.13. The Morgan fingerprint density at radius 2 is 2.13 bits per heavy atom. The molecule has 0 unspecified atom stereocenters. The van der Waals surface area contributed by atoms with Gasteiger partial charge in [-0.3, -0.25) is 4.79 Å². The van der Waals surface area contributed by atoms with Crippen LogP contribution in [0.4, 0.5) is 0 Å². The lowest BCUT2D eigenvalue weighted by Crippen LogP contribution is -2.28.